The van der Waals surface area contributed by atoms with Gasteiger partial charge in [-0.3, -0.25) is 9.59 Å². The summed E-state index contributed by atoms with van der Waals surface area (Å²) in [5.41, 5.74) is -1.04. The lowest BCUT2D eigenvalue weighted by Crippen LogP contribution is -2.44. The summed E-state index contributed by atoms with van der Waals surface area (Å²) in [6.07, 6.45) is 2.21. The predicted octanol–water partition coefficient (Wildman–Crippen LogP) is 1.55. The molecule has 0 aromatic carbocycles. The zero-order valence-corrected chi connectivity index (χ0v) is 8.92. The summed E-state index contributed by atoms with van der Waals surface area (Å²) >= 11 is 0. The lowest BCUT2D eigenvalue weighted by molar-refractivity contribution is -0.161. The Morgan fingerprint density at radius 2 is 2.14 bits per heavy atom. The summed E-state index contributed by atoms with van der Waals surface area (Å²) in [5, 5.41) is 0. The molecule has 2 aliphatic rings. The van der Waals surface area contributed by atoms with Crippen LogP contribution in [0.25, 0.3) is 0 Å². The van der Waals surface area contributed by atoms with Gasteiger partial charge in [0.2, 0.25) is 0 Å². The van der Waals surface area contributed by atoms with Gasteiger partial charge in [0.1, 0.15) is 5.41 Å². The summed E-state index contributed by atoms with van der Waals surface area (Å²) < 4.78 is 4.80. The van der Waals surface area contributed by atoms with E-state index in [2.05, 4.69) is 0 Å². The molecule has 0 spiro atoms. The minimum Gasteiger partial charge on any atom is -0.468 e. The number of methoxy groups -OCH3 is 1. The molecule has 0 N–H and O–H groups in total. The molecule has 0 amide bonds. The lowest BCUT2D eigenvalue weighted by atomic mass is 9.69. The van der Waals surface area contributed by atoms with Crippen molar-refractivity contribution in [2.24, 2.45) is 16.7 Å². The topological polar surface area (TPSA) is 43.4 Å². The van der Waals surface area contributed by atoms with Gasteiger partial charge in [0, 0.05) is 6.42 Å². The van der Waals surface area contributed by atoms with Gasteiger partial charge in [0.25, 0.3) is 0 Å². The van der Waals surface area contributed by atoms with Crippen molar-refractivity contribution in [1.29, 1.82) is 0 Å². The highest BCUT2D eigenvalue weighted by molar-refractivity contribution is 6.07. The Hall–Kier alpha value is -0.860. The number of hydrogen-bond acceptors (Lipinski definition) is 3. The fourth-order valence-electron chi connectivity index (χ4n) is 3.33. The van der Waals surface area contributed by atoms with Crippen molar-refractivity contribution in [2.75, 3.05) is 7.11 Å². The van der Waals surface area contributed by atoms with Crippen LogP contribution in [0.5, 0.6) is 0 Å². The van der Waals surface area contributed by atoms with Gasteiger partial charge < -0.3 is 4.74 Å². The first-order valence-corrected chi connectivity index (χ1v) is 5.08. The minimum absolute atomic E-state index is 0.0885. The van der Waals surface area contributed by atoms with E-state index in [9.17, 15) is 9.59 Å². The molecule has 14 heavy (non-hydrogen) atoms. The van der Waals surface area contributed by atoms with Gasteiger partial charge in [-0.2, -0.15) is 0 Å². The maximum atomic E-state index is 11.9. The first-order valence-electron chi connectivity index (χ1n) is 5.08. The van der Waals surface area contributed by atoms with E-state index < -0.39 is 5.41 Å². The number of carbonyl (C=O) groups excluding carboxylic acids is 2. The zero-order chi connectivity index (χ0) is 10.6. The third-order valence-electron chi connectivity index (χ3n) is 4.43. The summed E-state index contributed by atoms with van der Waals surface area (Å²) in [6.45, 7) is 4.04. The molecule has 2 atom stereocenters. The van der Waals surface area contributed by atoms with Crippen LogP contribution in [0.2, 0.25) is 0 Å². The Labute approximate surface area is 83.8 Å². The number of fused-ring (bicyclic) bond motifs is 2. The van der Waals surface area contributed by atoms with Gasteiger partial charge in [-0.1, -0.05) is 13.8 Å². The van der Waals surface area contributed by atoms with Crippen molar-refractivity contribution >= 4 is 11.8 Å². The Balaban J connectivity index is 2.49. The molecule has 2 bridgehead atoms. The molecule has 0 aromatic heterocycles. The highest BCUT2D eigenvalue weighted by Crippen LogP contribution is 2.64. The number of ketones is 1. The van der Waals surface area contributed by atoms with Crippen LogP contribution in [0.4, 0.5) is 0 Å². The van der Waals surface area contributed by atoms with Gasteiger partial charge in [-0.25, -0.2) is 0 Å². The van der Waals surface area contributed by atoms with Gasteiger partial charge in [0.15, 0.2) is 5.78 Å². The second-order valence-corrected chi connectivity index (χ2v) is 4.98. The average molecular weight is 196 g/mol. The summed E-state index contributed by atoms with van der Waals surface area (Å²) in [7, 11) is 1.37. The highest BCUT2D eigenvalue weighted by atomic mass is 16.5. The van der Waals surface area contributed by atoms with Crippen molar-refractivity contribution in [3.8, 4) is 0 Å². The average Bonchev–Trinajstić information content (AvgIpc) is 2.49. The summed E-state index contributed by atoms with van der Waals surface area (Å²) in [5.74, 6) is 0.132. The second kappa shape index (κ2) is 2.59. The molecular weight excluding hydrogens is 180 g/mol. The molecule has 3 heteroatoms. The SMILES string of the molecule is COC(=O)[C@]12CC[C@H](CC1=O)C2(C)C. The smallest absolute Gasteiger partial charge is 0.319 e. The first kappa shape index (κ1) is 9.69. The fourth-order valence-corrected chi connectivity index (χ4v) is 3.33. The summed E-state index contributed by atoms with van der Waals surface area (Å²) in [6, 6.07) is 0. The van der Waals surface area contributed by atoms with E-state index in [-0.39, 0.29) is 17.2 Å². The molecule has 0 aromatic rings. The van der Waals surface area contributed by atoms with Crippen molar-refractivity contribution < 1.29 is 14.3 Å². The van der Waals surface area contributed by atoms with Gasteiger partial charge in [-0.05, 0) is 24.2 Å². The van der Waals surface area contributed by atoms with E-state index >= 15 is 0 Å². The summed E-state index contributed by atoms with van der Waals surface area (Å²) in [4.78, 5) is 23.6. The molecule has 78 valence electrons. The minimum atomic E-state index is -0.827. The Bertz CT molecular complexity index is 306. The van der Waals surface area contributed by atoms with Crippen LogP contribution in [0.1, 0.15) is 33.1 Å². The third-order valence-corrected chi connectivity index (χ3v) is 4.43. The van der Waals surface area contributed by atoms with Crippen LogP contribution in [0, 0.1) is 16.7 Å². The number of ether oxygens (including phenoxy) is 1. The third kappa shape index (κ3) is 0.787. The van der Waals surface area contributed by atoms with Crippen molar-refractivity contribution in [3.05, 3.63) is 0 Å². The van der Waals surface area contributed by atoms with Crippen molar-refractivity contribution in [3.63, 3.8) is 0 Å². The largest absolute Gasteiger partial charge is 0.468 e. The van der Waals surface area contributed by atoms with E-state index in [4.69, 9.17) is 4.74 Å². The Kier molecular flexibility index (Phi) is 1.79. The number of rotatable bonds is 1. The normalized spacial score (nSPS) is 38.8. The van der Waals surface area contributed by atoms with Crippen molar-refractivity contribution in [2.45, 2.75) is 33.1 Å². The maximum absolute atomic E-state index is 11.9. The van der Waals surface area contributed by atoms with Gasteiger partial charge in [-0.15, -0.1) is 0 Å². The molecule has 2 rings (SSSR count). The lowest BCUT2D eigenvalue weighted by Gasteiger charge is -2.33. The maximum Gasteiger partial charge on any atom is 0.319 e. The van der Waals surface area contributed by atoms with Crippen LogP contribution < -0.4 is 0 Å². The van der Waals surface area contributed by atoms with E-state index in [1.54, 1.807) is 0 Å². The zero-order valence-electron chi connectivity index (χ0n) is 8.92. The molecule has 2 fully saturated rings. The Morgan fingerprint density at radius 1 is 1.50 bits per heavy atom. The monoisotopic (exact) mass is 196 g/mol. The molecule has 3 nitrogen and oxygen atoms in total. The van der Waals surface area contributed by atoms with E-state index in [1.165, 1.54) is 7.11 Å². The molecule has 2 aliphatic carbocycles. The van der Waals surface area contributed by atoms with Crippen LogP contribution in [-0.4, -0.2) is 18.9 Å². The highest BCUT2D eigenvalue weighted by Gasteiger charge is 2.68. The molecule has 0 heterocycles. The predicted molar refractivity (Wildman–Crippen MR) is 50.6 cm³/mol. The standard InChI is InChI=1S/C11H16O3/c1-10(2)7-4-5-11(10,8(12)6-7)9(13)14-3/h7H,4-6H2,1-3H3/t7-,11+/m1/s1. The molecular formula is C11H16O3. The number of hydrogen-bond donors (Lipinski definition) is 0. The number of carbonyl (C=O) groups is 2. The van der Waals surface area contributed by atoms with Crippen LogP contribution in [0.15, 0.2) is 0 Å². The van der Waals surface area contributed by atoms with E-state index in [1.807, 2.05) is 13.8 Å². The van der Waals surface area contributed by atoms with E-state index in [0.29, 0.717) is 18.8 Å². The van der Waals surface area contributed by atoms with Gasteiger partial charge in [0.05, 0.1) is 7.11 Å². The molecule has 0 saturated heterocycles. The molecule has 0 unspecified atom stereocenters. The molecule has 0 aliphatic heterocycles. The fraction of sp³-hybridized carbons (Fsp3) is 0.818. The Morgan fingerprint density at radius 3 is 2.50 bits per heavy atom. The van der Waals surface area contributed by atoms with Crippen LogP contribution in [0.3, 0.4) is 0 Å². The quantitative estimate of drug-likeness (QED) is 0.472. The molecule has 2 saturated carbocycles. The van der Waals surface area contributed by atoms with Crippen molar-refractivity contribution in [1.82, 2.24) is 0 Å². The first-order chi connectivity index (χ1) is 6.46. The van der Waals surface area contributed by atoms with E-state index in [0.717, 1.165) is 6.42 Å². The molecule has 0 radical (unpaired) electrons. The van der Waals surface area contributed by atoms with Gasteiger partial charge >= 0.3 is 5.97 Å². The second-order valence-electron chi connectivity index (χ2n) is 4.98. The number of Topliss-reactive ketones (excluding diaryl/α,β-unsaturated/α-hetero) is 1. The van der Waals surface area contributed by atoms with Crippen LogP contribution >= 0.6 is 0 Å². The van der Waals surface area contributed by atoms with Crippen LogP contribution in [-0.2, 0) is 14.3 Å². The number of esters is 1.